The van der Waals surface area contributed by atoms with Crippen molar-refractivity contribution in [2.75, 3.05) is 12.4 Å². The molecular weight excluding hydrogens is 234 g/mol. The first kappa shape index (κ1) is 12.0. The standard InChI is InChI=1S/C10H13N7O/c1-11-8-4-12-3-7(15-8)10(18)13-5-9-16-14-6-17(9)2/h3-4,6H,5H2,1-2H3,(H,11,15)(H,13,18). The van der Waals surface area contributed by atoms with E-state index in [9.17, 15) is 4.79 Å². The molecule has 0 aliphatic rings. The molecule has 8 nitrogen and oxygen atoms in total. The molecule has 2 aromatic heterocycles. The number of carbonyl (C=O) groups excluding carboxylic acids is 1. The second kappa shape index (κ2) is 5.21. The Kier molecular flexibility index (Phi) is 3.46. The number of nitrogens with zero attached hydrogens (tertiary/aromatic N) is 5. The molecule has 18 heavy (non-hydrogen) atoms. The van der Waals surface area contributed by atoms with Crippen LogP contribution in [-0.2, 0) is 13.6 Å². The molecular formula is C10H13N7O. The third kappa shape index (κ3) is 2.59. The topological polar surface area (TPSA) is 97.6 Å². The minimum atomic E-state index is -0.303. The highest BCUT2D eigenvalue weighted by atomic mass is 16.1. The fourth-order valence-corrected chi connectivity index (χ4v) is 1.31. The zero-order valence-corrected chi connectivity index (χ0v) is 10.1. The Labute approximate surface area is 103 Å². The van der Waals surface area contributed by atoms with Crippen molar-refractivity contribution in [2.24, 2.45) is 7.05 Å². The molecule has 0 radical (unpaired) electrons. The van der Waals surface area contributed by atoms with Gasteiger partial charge in [-0.25, -0.2) is 4.98 Å². The Morgan fingerprint density at radius 3 is 2.94 bits per heavy atom. The van der Waals surface area contributed by atoms with Crippen LogP contribution >= 0.6 is 0 Å². The van der Waals surface area contributed by atoms with E-state index in [2.05, 4.69) is 30.8 Å². The summed E-state index contributed by atoms with van der Waals surface area (Å²) < 4.78 is 1.73. The number of carbonyl (C=O) groups is 1. The lowest BCUT2D eigenvalue weighted by molar-refractivity contribution is 0.0944. The summed E-state index contributed by atoms with van der Waals surface area (Å²) in [6, 6.07) is 0. The van der Waals surface area contributed by atoms with E-state index in [0.29, 0.717) is 18.2 Å². The molecule has 2 aromatic rings. The minimum Gasteiger partial charge on any atom is -0.372 e. The van der Waals surface area contributed by atoms with Crippen molar-refractivity contribution >= 4 is 11.7 Å². The predicted molar refractivity (Wildman–Crippen MR) is 63.8 cm³/mol. The van der Waals surface area contributed by atoms with Crippen LogP contribution in [0.1, 0.15) is 16.3 Å². The Bertz CT molecular complexity index is 551. The van der Waals surface area contributed by atoms with Crippen LogP contribution in [0.4, 0.5) is 5.82 Å². The Hall–Kier alpha value is -2.51. The van der Waals surface area contributed by atoms with Crippen molar-refractivity contribution in [3.8, 4) is 0 Å². The lowest BCUT2D eigenvalue weighted by atomic mass is 10.4. The van der Waals surface area contributed by atoms with E-state index in [1.165, 1.54) is 6.20 Å². The van der Waals surface area contributed by atoms with Crippen molar-refractivity contribution in [1.82, 2.24) is 30.0 Å². The number of hydrogen-bond donors (Lipinski definition) is 2. The molecule has 0 saturated carbocycles. The Balaban J connectivity index is 2.01. The van der Waals surface area contributed by atoms with Crippen molar-refractivity contribution in [1.29, 1.82) is 0 Å². The van der Waals surface area contributed by atoms with E-state index in [-0.39, 0.29) is 11.6 Å². The molecule has 1 amide bonds. The lowest BCUT2D eigenvalue weighted by Crippen LogP contribution is -2.25. The van der Waals surface area contributed by atoms with Crippen molar-refractivity contribution in [3.63, 3.8) is 0 Å². The van der Waals surface area contributed by atoms with Crippen LogP contribution in [0.25, 0.3) is 0 Å². The third-order valence-corrected chi connectivity index (χ3v) is 2.34. The lowest BCUT2D eigenvalue weighted by Gasteiger charge is -2.05. The summed E-state index contributed by atoms with van der Waals surface area (Å²) in [4.78, 5) is 19.8. The fourth-order valence-electron chi connectivity index (χ4n) is 1.31. The molecule has 0 bridgehead atoms. The van der Waals surface area contributed by atoms with Crippen LogP contribution in [0.15, 0.2) is 18.7 Å². The van der Waals surface area contributed by atoms with Gasteiger partial charge in [-0.15, -0.1) is 10.2 Å². The van der Waals surface area contributed by atoms with Gasteiger partial charge in [-0.1, -0.05) is 0 Å². The molecule has 2 N–H and O–H groups in total. The molecule has 0 aliphatic heterocycles. The van der Waals surface area contributed by atoms with Crippen LogP contribution in [0.3, 0.4) is 0 Å². The zero-order valence-electron chi connectivity index (χ0n) is 10.1. The zero-order chi connectivity index (χ0) is 13.0. The Morgan fingerprint density at radius 2 is 2.28 bits per heavy atom. The predicted octanol–water partition coefficient (Wildman–Crippen LogP) is -0.423. The summed E-state index contributed by atoms with van der Waals surface area (Å²) in [6.07, 6.45) is 4.52. The van der Waals surface area contributed by atoms with E-state index in [1.54, 1.807) is 24.1 Å². The average Bonchev–Trinajstić information content (AvgIpc) is 2.81. The van der Waals surface area contributed by atoms with Gasteiger partial charge in [0.15, 0.2) is 5.82 Å². The maximum Gasteiger partial charge on any atom is 0.271 e. The monoisotopic (exact) mass is 247 g/mol. The van der Waals surface area contributed by atoms with Crippen molar-refractivity contribution in [3.05, 3.63) is 30.2 Å². The van der Waals surface area contributed by atoms with Gasteiger partial charge in [0.1, 0.15) is 17.8 Å². The largest absolute Gasteiger partial charge is 0.372 e. The first-order chi connectivity index (χ1) is 8.70. The highest BCUT2D eigenvalue weighted by Gasteiger charge is 2.09. The Morgan fingerprint density at radius 1 is 1.44 bits per heavy atom. The summed E-state index contributed by atoms with van der Waals surface area (Å²) in [6.45, 7) is 0.292. The van der Waals surface area contributed by atoms with Gasteiger partial charge in [0.05, 0.1) is 18.9 Å². The van der Waals surface area contributed by atoms with Crippen LogP contribution in [0.2, 0.25) is 0 Å². The SMILES string of the molecule is CNc1cncc(C(=O)NCc2nncn2C)n1. The number of hydrogen-bond acceptors (Lipinski definition) is 6. The summed E-state index contributed by atoms with van der Waals surface area (Å²) in [5.74, 6) is 0.907. The summed E-state index contributed by atoms with van der Waals surface area (Å²) in [5, 5.41) is 13.1. The number of amides is 1. The van der Waals surface area contributed by atoms with Crippen LogP contribution in [0.5, 0.6) is 0 Å². The molecule has 0 spiro atoms. The molecule has 0 unspecified atom stereocenters. The molecule has 0 aliphatic carbocycles. The van der Waals surface area contributed by atoms with Gasteiger partial charge in [-0.2, -0.15) is 0 Å². The maximum atomic E-state index is 11.8. The smallest absolute Gasteiger partial charge is 0.271 e. The van der Waals surface area contributed by atoms with Gasteiger partial charge in [0, 0.05) is 14.1 Å². The average molecular weight is 247 g/mol. The highest BCUT2D eigenvalue weighted by molar-refractivity contribution is 5.92. The second-order valence-electron chi connectivity index (χ2n) is 3.58. The maximum absolute atomic E-state index is 11.8. The number of aromatic nitrogens is 5. The van der Waals surface area contributed by atoms with E-state index in [0.717, 1.165) is 0 Å². The van der Waals surface area contributed by atoms with Gasteiger partial charge in [-0.3, -0.25) is 9.78 Å². The van der Waals surface area contributed by atoms with Gasteiger partial charge >= 0.3 is 0 Å². The first-order valence-electron chi connectivity index (χ1n) is 5.31. The highest BCUT2D eigenvalue weighted by Crippen LogP contribution is 2.01. The molecule has 8 heteroatoms. The van der Waals surface area contributed by atoms with Gasteiger partial charge in [0.2, 0.25) is 0 Å². The number of rotatable bonds is 4. The summed E-state index contributed by atoms with van der Waals surface area (Å²) >= 11 is 0. The quantitative estimate of drug-likeness (QED) is 0.761. The number of anilines is 1. The first-order valence-corrected chi connectivity index (χ1v) is 5.31. The number of nitrogens with one attached hydrogen (secondary N) is 2. The van der Waals surface area contributed by atoms with E-state index < -0.39 is 0 Å². The van der Waals surface area contributed by atoms with Gasteiger partial charge in [-0.05, 0) is 0 Å². The minimum absolute atomic E-state index is 0.254. The van der Waals surface area contributed by atoms with Crippen LogP contribution in [-0.4, -0.2) is 37.7 Å². The van der Waals surface area contributed by atoms with Gasteiger partial charge in [0.25, 0.3) is 5.91 Å². The molecule has 0 aromatic carbocycles. The van der Waals surface area contributed by atoms with Crippen molar-refractivity contribution in [2.45, 2.75) is 6.54 Å². The van der Waals surface area contributed by atoms with E-state index in [1.807, 2.05) is 7.05 Å². The molecule has 0 fully saturated rings. The van der Waals surface area contributed by atoms with E-state index >= 15 is 0 Å². The molecule has 94 valence electrons. The van der Waals surface area contributed by atoms with Crippen molar-refractivity contribution < 1.29 is 4.79 Å². The second-order valence-corrected chi connectivity index (χ2v) is 3.58. The van der Waals surface area contributed by atoms with Crippen LogP contribution in [0, 0.1) is 0 Å². The third-order valence-electron chi connectivity index (χ3n) is 2.34. The van der Waals surface area contributed by atoms with Gasteiger partial charge < -0.3 is 15.2 Å². The number of aryl methyl sites for hydroxylation is 1. The molecule has 0 saturated heterocycles. The summed E-state index contributed by atoms with van der Waals surface area (Å²) in [7, 11) is 3.52. The molecule has 2 rings (SSSR count). The fraction of sp³-hybridized carbons (Fsp3) is 0.300. The molecule has 0 atom stereocenters. The van der Waals surface area contributed by atoms with E-state index in [4.69, 9.17) is 0 Å². The molecule has 2 heterocycles. The van der Waals surface area contributed by atoms with Crippen LogP contribution < -0.4 is 10.6 Å². The normalized spacial score (nSPS) is 10.1. The summed E-state index contributed by atoms with van der Waals surface area (Å²) in [5.41, 5.74) is 0.254.